The minimum Gasteiger partial charge on any atom is -0.368 e. The van der Waals surface area contributed by atoms with Crippen LogP contribution in [0, 0.1) is 11.6 Å². The highest BCUT2D eigenvalue weighted by molar-refractivity contribution is 5.52. The van der Waals surface area contributed by atoms with Crippen LogP contribution in [0.15, 0.2) is 24.4 Å². The highest BCUT2D eigenvalue weighted by Gasteiger charge is 2.38. The molecule has 2 heterocycles. The number of nitrogens with one attached hydrogen (secondary N) is 1. The minimum atomic E-state index is -4.51. The third kappa shape index (κ3) is 2.65. The van der Waals surface area contributed by atoms with Crippen LogP contribution in [0.5, 0.6) is 0 Å². The Morgan fingerprint density at radius 3 is 2.64 bits per heavy atom. The second-order valence-corrected chi connectivity index (χ2v) is 5.23. The number of benzene rings is 1. The van der Waals surface area contributed by atoms with Gasteiger partial charge in [0.05, 0.1) is 11.9 Å². The lowest BCUT2D eigenvalue weighted by Crippen LogP contribution is -2.22. The number of hydrogen-bond donors (Lipinski definition) is 1. The Bertz CT molecular complexity index is 679. The van der Waals surface area contributed by atoms with E-state index in [0.29, 0.717) is 25.1 Å². The molecule has 1 unspecified atom stereocenters. The maximum absolute atomic E-state index is 13.3. The van der Waals surface area contributed by atoms with Crippen molar-refractivity contribution in [1.82, 2.24) is 10.2 Å². The number of H-pyrrole nitrogens is 1. The van der Waals surface area contributed by atoms with Gasteiger partial charge in [0.2, 0.25) is 0 Å². The Labute approximate surface area is 122 Å². The molecule has 1 aliphatic rings. The number of rotatable bonds is 2. The molecule has 8 heteroatoms. The fourth-order valence-electron chi connectivity index (χ4n) is 2.75. The first-order chi connectivity index (χ1) is 10.4. The van der Waals surface area contributed by atoms with Gasteiger partial charge in [-0.05, 0) is 24.1 Å². The molecule has 0 saturated carbocycles. The lowest BCUT2D eigenvalue weighted by Gasteiger charge is -2.19. The van der Waals surface area contributed by atoms with Gasteiger partial charge in [0, 0.05) is 19.0 Å². The predicted octanol–water partition coefficient (Wildman–Crippen LogP) is 3.70. The summed E-state index contributed by atoms with van der Waals surface area (Å²) in [6.07, 6.45) is -2.81. The van der Waals surface area contributed by atoms with Gasteiger partial charge in [-0.1, -0.05) is 6.07 Å². The molecule has 1 saturated heterocycles. The minimum absolute atomic E-state index is 0.0161. The summed E-state index contributed by atoms with van der Waals surface area (Å²) in [7, 11) is 0. The number of anilines is 1. The number of halogens is 5. The Morgan fingerprint density at radius 1 is 1.18 bits per heavy atom. The highest BCUT2D eigenvalue weighted by atomic mass is 19.4. The summed E-state index contributed by atoms with van der Waals surface area (Å²) >= 11 is 0. The van der Waals surface area contributed by atoms with Crippen LogP contribution in [0.3, 0.4) is 0 Å². The monoisotopic (exact) mass is 317 g/mol. The summed E-state index contributed by atoms with van der Waals surface area (Å²) in [6.45, 7) is 0.694. The van der Waals surface area contributed by atoms with Crippen LogP contribution >= 0.6 is 0 Å². The van der Waals surface area contributed by atoms with E-state index < -0.39 is 23.5 Å². The molecule has 1 N–H and O–H groups in total. The van der Waals surface area contributed by atoms with Gasteiger partial charge in [-0.25, -0.2) is 8.78 Å². The Hall–Kier alpha value is -2.12. The van der Waals surface area contributed by atoms with Crippen LogP contribution in [0.25, 0.3) is 0 Å². The van der Waals surface area contributed by atoms with Gasteiger partial charge in [-0.15, -0.1) is 0 Å². The molecular weight excluding hydrogens is 305 g/mol. The van der Waals surface area contributed by atoms with Crippen molar-refractivity contribution in [3.05, 3.63) is 47.3 Å². The van der Waals surface area contributed by atoms with Crippen LogP contribution in [-0.4, -0.2) is 23.3 Å². The average molecular weight is 317 g/mol. The molecule has 1 aliphatic heterocycles. The molecule has 0 bridgehead atoms. The standard InChI is InChI=1S/C14H12F5N3/c15-10-2-1-8(5-11(10)16)9-3-4-22(7-9)12-6-20-21-13(12)14(17,18)19/h1-2,5-6,9H,3-4,7H2,(H,20,21). The molecule has 3 rings (SSSR count). The molecule has 0 spiro atoms. The van der Waals surface area contributed by atoms with E-state index in [4.69, 9.17) is 0 Å². The molecule has 0 radical (unpaired) electrons. The van der Waals surface area contributed by atoms with Crippen LogP contribution in [0.4, 0.5) is 27.6 Å². The number of alkyl halides is 3. The van der Waals surface area contributed by atoms with Gasteiger partial charge >= 0.3 is 6.18 Å². The van der Waals surface area contributed by atoms with Crippen molar-refractivity contribution in [2.75, 3.05) is 18.0 Å². The van der Waals surface area contributed by atoms with Gasteiger partial charge in [0.15, 0.2) is 17.3 Å². The van der Waals surface area contributed by atoms with Crippen LogP contribution in [-0.2, 0) is 6.18 Å². The van der Waals surface area contributed by atoms with Gasteiger partial charge in [0.1, 0.15) is 0 Å². The van der Waals surface area contributed by atoms with E-state index in [1.165, 1.54) is 6.07 Å². The van der Waals surface area contributed by atoms with Gasteiger partial charge in [0.25, 0.3) is 0 Å². The molecule has 1 fully saturated rings. The van der Waals surface area contributed by atoms with Crippen LogP contribution in [0.1, 0.15) is 23.6 Å². The largest absolute Gasteiger partial charge is 0.434 e. The van der Waals surface area contributed by atoms with Gasteiger partial charge in [-0.3, -0.25) is 5.10 Å². The molecule has 0 amide bonds. The van der Waals surface area contributed by atoms with Crippen molar-refractivity contribution in [2.24, 2.45) is 0 Å². The SMILES string of the molecule is Fc1ccc(C2CCN(c3cn[nH]c3C(F)(F)F)C2)cc1F. The molecule has 2 aromatic rings. The van der Waals surface area contributed by atoms with Gasteiger partial charge < -0.3 is 4.90 Å². The zero-order valence-corrected chi connectivity index (χ0v) is 11.3. The average Bonchev–Trinajstić information content (AvgIpc) is 3.08. The zero-order valence-electron chi connectivity index (χ0n) is 11.3. The Balaban J connectivity index is 1.81. The Kier molecular flexibility index (Phi) is 3.54. The first-order valence-corrected chi connectivity index (χ1v) is 6.66. The zero-order chi connectivity index (χ0) is 15.9. The third-order valence-corrected chi connectivity index (χ3v) is 3.85. The van der Waals surface area contributed by atoms with Crippen molar-refractivity contribution in [1.29, 1.82) is 0 Å². The first-order valence-electron chi connectivity index (χ1n) is 6.66. The molecule has 3 nitrogen and oxygen atoms in total. The molecular formula is C14H12F5N3. The van der Waals surface area contributed by atoms with Crippen molar-refractivity contribution in [2.45, 2.75) is 18.5 Å². The summed E-state index contributed by atoms with van der Waals surface area (Å²) in [5.74, 6) is -2.03. The summed E-state index contributed by atoms with van der Waals surface area (Å²) in [5, 5.41) is 5.43. The third-order valence-electron chi connectivity index (χ3n) is 3.85. The smallest absolute Gasteiger partial charge is 0.368 e. The summed E-state index contributed by atoms with van der Waals surface area (Å²) in [6, 6.07) is 3.60. The number of aromatic nitrogens is 2. The van der Waals surface area contributed by atoms with Crippen molar-refractivity contribution >= 4 is 5.69 Å². The van der Waals surface area contributed by atoms with E-state index in [9.17, 15) is 22.0 Å². The normalized spacial score (nSPS) is 19.0. The summed E-state index contributed by atoms with van der Waals surface area (Å²) in [5.41, 5.74) is -0.325. The Morgan fingerprint density at radius 2 is 1.95 bits per heavy atom. The van der Waals surface area contributed by atoms with Crippen molar-refractivity contribution in [3.8, 4) is 0 Å². The van der Waals surface area contributed by atoms with Crippen molar-refractivity contribution < 1.29 is 22.0 Å². The van der Waals surface area contributed by atoms with Crippen LogP contribution in [0.2, 0.25) is 0 Å². The maximum atomic E-state index is 13.3. The maximum Gasteiger partial charge on any atom is 0.434 e. The van der Waals surface area contributed by atoms with E-state index in [0.717, 1.165) is 18.3 Å². The predicted molar refractivity (Wildman–Crippen MR) is 69.5 cm³/mol. The summed E-state index contributed by atoms with van der Waals surface area (Å²) in [4.78, 5) is 1.55. The van der Waals surface area contributed by atoms with Crippen molar-refractivity contribution in [3.63, 3.8) is 0 Å². The van der Waals surface area contributed by atoms with E-state index in [1.807, 2.05) is 5.10 Å². The molecule has 1 aromatic carbocycles. The van der Waals surface area contributed by atoms with Crippen LogP contribution < -0.4 is 4.90 Å². The number of hydrogen-bond acceptors (Lipinski definition) is 2. The lowest BCUT2D eigenvalue weighted by atomic mass is 9.98. The fourth-order valence-corrected chi connectivity index (χ4v) is 2.75. The summed E-state index contributed by atoms with van der Waals surface area (Å²) < 4.78 is 64.8. The number of nitrogens with zero attached hydrogens (tertiary/aromatic N) is 2. The van der Waals surface area contributed by atoms with Gasteiger partial charge in [-0.2, -0.15) is 18.3 Å². The molecule has 1 aromatic heterocycles. The van der Waals surface area contributed by atoms with E-state index in [2.05, 4.69) is 5.10 Å². The number of aromatic amines is 1. The topological polar surface area (TPSA) is 31.9 Å². The second-order valence-electron chi connectivity index (χ2n) is 5.23. The lowest BCUT2D eigenvalue weighted by molar-refractivity contribution is -0.140. The molecule has 0 aliphatic carbocycles. The highest BCUT2D eigenvalue weighted by Crippen LogP contribution is 2.38. The second kappa shape index (κ2) is 5.26. The van der Waals surface area contributed by atoms with E-state index in [-0.39, 0.29) is 11.6 Å². The molecule has 1 atom stereocenters. The molecule has 22 heavy (non-hydrogen) atoms. The van der Waals surface area contributed by atoms with E-state index >= 15 is 0 Å². The first kappa shape index (κ1) is 14.8. The van der Waals surface area contributed by atoms with E-state index in [1.54, 1.807) is 4.90 Å². The fraction of sp³-hybridized carbons (Fsp3) is 0.357. The quantitative estimate of drug-likeness (QED) is 0.857. The molecule has 118 valence electrons.